The van der Waals surface area contributed by atoms with Gasteiger partial charge in [-0.05, 0) is 50.6 Å². The van der Waals surface area contributed by atoms with Crippen molar-refractivity contribution in [2.24, 2.45) is 0 Å². The Morgan fingerprint density at radius 3 is 2.93 bits per heavy atom. The number of nitrogens with one attached hydrogen (secondary N) is 1. The lowest BCUT2D eigenvalue weighted by Crippen LogP contribution is -2.53. The lowest BCUT2D eigenvalue weighted by atomic mass is 9.85. The monoisotopic (exact) mass is 378 g/mol. The van der Waals surface area contributed by atoms with Crippen LogP contribution >= 0.6 is 0 Å². The van der Waals surface area contributed by atoms with Crippen LogP contribution in [0.1, 0.15) is 38.3 Å². The minimum Gasteiger partial charge on any atom is -0.485 e. The van der Waals surface area contributed by atoms with Crippen LogP contribution < -0.4 is 4.74 Å². The molecule has 0 aliphatic carbocycles. The molecule has 0 saturated carbocycles. The number of aromatic amines is 1. The van der Waals surface area contributed by atoms with E-state index in [0.29, 0.717) is 30.2 Å². The summed E-state index contributed by atoms with van der Waals surface area (Å²) in [7, 11) is 0. The molecule has 28 heavy (non-hydrogen) atoms. The minimum atomic E-state index is -0.824. The molecule has 4 heterocycles. The molecule has 0 unspecified atom stereocenters. The Morgan fingerprint density at radius 2 is 2.18 bits per heavy atom. The molecule has 7 heteroatoms. The number of hydrogen-bond donors (Lipinski definition) is 2. The zero-order valence-corrected chi connectivity index (χ0v) is 15.8. The molecule has 1 fully saturated rings. The molecule has 3 aromatic rings. The number of carbonyl (C=O) groups excluding carboxylic acids is 1. The minimum absolute atomic E-state index is 0.0750. The summed E-state index contributed by atoms with van der Waals surface area (Å²) in [6, 6.07) is 9.15. The third-order valence-corrected chi connectivity index (χ3v) is 5.69. The van der Waals surface area contributed by atoms with Crippen molar-refractivity contribution in [3.63, 3.8) is 0 Å². The smallest absolute Gasteiger partial charge is 0.223 e. The number of imidazole rings is 1. The third kappa shape index (κ3) is 2.57. The fourth-order valence-corrected chi connectivity index (χ4v) is 4.20. The van der Waals surface area contributed by atoms with Crippen LogP contribution in [0.15, 0.2) is 36.5 Å². The largest absolute Gasteiger partial charge is 0.485 e. The molecule has 1 saturated heterocycles. The summed E-state index contributed by atoms with van der Waals surface area (Å²) < 4.78 is 6.08. The van der Waals surface area contributed by atoms with Crippen LogP contribution in [0.4, 0.5) is 0 Å². The Balaban J connectivity index is 1.63. The number of aliphatic hydroxyl groups excluding tert-OH is 1. The van der Waals surface area contributed by atoms with Gasteiger partial charge in [-0.1, -0.05) is 0 Å². The van der Waals surface area contributed by atoms with Gasteiger partial charge in [0.2, 0.25) is 5.91 Å². The summed E-state index contributed by atoms with van der Waals surface area (Å²) in [5.41, 5.74) is 2.40. The molecule has 1 amide bonds. The average Bonchev–Trinajstić information content (AvgIpc) is 3.28. The maximum atomic E-state index is 12.5. The summed E-state index contributed by atoms with van der Waals surface area (Å²) in [5.74, 6) is 1.46. The number of ether oxygens (including phenoxy) is 1. The molecular formula is C21H22N4O3. The molecule has 0 radical (unpaired) electrons. The van der Waals surface area contributed by atoms with Gasteiger partial charge in [-0.2, -0.15) is 0 Å². The van der Waals surface area contributed by atoms with E-state index in [4.69, 9.17) is 4.74 Å². The Bertz CT molecular complexity index is 1040. The number of nitrogens with zero attached hydrogens (tertiary/aromatic N) is 3. The van der Waals surface area contributed by atoms with Crippen molar-refractivity contribution in [3.8, 4) is 17.1 Å². The number of benzene rings is 1. The second-order valence-electron chi connectivity index (χ2n) is 8.00. The normalized spacial score (nSPS) is 23.7. The fraction of sp³-hybridized carbons (Fsp3) is 0.381. The van der Waals surface area contributed by atoms with E-state index < -0.39 is 17.7 Å². The fourth-order valence-electron chi connectivity index (χ4n) is 4.20. The van der Waals surface area contributed by atoms with E-state index in [1.165, 1.54) is 0 Å². The Morgan fingerprint density at radius 1 is 1.32 bits per heavy atom. The molecule has 1 aromatic carbocycles. The zero-order valence-electron chi connectivity index (χ0n) is 15.8. The summed E-state index contributed by atoms with van der Waals surface area (Å²) >= 11 is 0. The Kier molecular flexibility index (Phi) is 3.71. The van der Waals surface area contributed by atoms with Crippen molar-refractivity contribution in [2.45, 2.75) is 44.4 Å². The molecule has 2 aliphatic heterocycles. The van der Waals surface area contributed by atoms with Crippen molar-refractivity contribution in [3.05, 3.63) is 42.1 Å². The highest BCUT2D eigenvalue weighted by Gasteiger charge is 2.47. The van der Waals surface area contributed by atoms with E-state index in [9.17, 15) is 9.90 Å². The topological polar surface area (TPSA) is 91.3 Å². The first-order chi connectivity index (χ1) is 13.4. The van der Waals surface area contributed by atoms with Crippen LogP contribution in [-0.2, 0) is 4.79 Å². The van der Waals surface area contributed by atoms with Gasteiger partial charge in [-0.3, -0.25) is 4.79 Å². The molecule has 0 bridgehead atoms. The van der Waals surface area contributed by atoms with Gasteiger partial charge in [0, 0.05) is 30.3 Å². The van der Waals surface area contributed by atoms with E-state index in [2.05, 4.69) is 15.0 Å². The second-order valence-corrected chi connectivity index (χ2v) is 8.00. The molecule has 0 spiro atoms. The molecular weight excluding hydrogens is 356 g/mol. The molecule has 7 nitrogen and oxygen atoms in total. The number of aliphatic hydroxyl groups is 1. The first-order valence-electron chi connectivity index (χ1n) is 9.56. The number of aromatic nitrogens is 3. The molecule has 2 atom stereocenters. The third-order valence-electron chi connectivity index (χ3n) is 5.69. The van der Waals surface area contributed by atoms with E-state index in [0.717, 1.165) is 23.1 Å². The van der Waals surface area contributed by atoms with Gasteiger partial charge < -0.3 is 19.7 Å². The maximum Gasteiger partial charge on any atom is 0.223 e. The van der Waals surface area contributed by atoms with Crippen LogP contribution in [0.2, 0.25) is 0 Å². The number of H-pyrrole nitrogens is 1. The van der Waals surface area contributed by atoms with Gasteiger partial charge in [-0.25, -0.2) is 9.97 Å². The molecule has 2 N–H and O–H groups in total. The van der Waals surface area contributed by atoms with Crippen molar-refractivity contribution in [1.82, 2.24) is 19.9 Å². The number of likely N-dealkylation sites (tertiary alicyclic amines) is 1. The van der Waals surface area contributed by atoms with E-state index >= 15 is 0 Å². The maximum absolute atomic E-state index is 12.5. The highest BCUT2D eigenvalue weighted by Crippen LogP contribution is 2.45. The van der Waals surface area contributed by atoms with Crippen molar-refractivity contribution in [1.29, 1.82) is 0 Å². The molecule has 5 rings (SSSR count). The lowest BCUT2D eigenvalue weighted by Gasteiger charge is -2.45. The highest BCUT2D eigenvalue weighted by molar-refractivity contribution is 5.79. The summed E-state index contributed by atoms with van der Waals surface area (Å²) in [6.07, 6.45) is 2.22. The lowest BCUT2D eigenvalue weighted by molar-refractivity contribution is -0.139. The summed E-state index contributed by atoms with van der Waals surface area (Å²) in [4.78, 5) is 26.4. The summed E-state index contributed by atoms with van der Waals surface area (Å²) in [6.45, 7) is 4.36. The predicted molar refractivity (Wildman–Crippen MR) is 104 cm³/mol. The zero-order chi connectivity index (χ0) is 19.5. The van der Waals surface area contributed by atoms with E-state index in [-0.39, 0.29) is 5.91 Å². The molecule has 2 aliphatic rings. The van der Waals surface area contributed by atoms with Gasteiger partial charge in [0.1, 0.15) is 23.3 Å². The van der Waals surface area contributed by atoms with Crippen LogP contribution in [0.5, 0.6) is 5.75 Å². The van der Waals surface area contributed by atoms with Crippen LogP contribution in [0.3, 0.4) is 0 Å². The molecule has 2 aromatic heterocycles. The molecule has 144 valence electrons. The van der Waals surface area contributed by atoms with E-state index in [1.807, 2.05) is 44.2 Å². The average molecular weight is 378 g/mol. The SMILES string of the molecule is CC1(C)Oc2ccc(-c3nc4ncccc4[nH]3)cc2[C@@H](N2CCCC2=O)[C@@H]1O. The quantitative estimate of drug-likeness (QED) is 0.715. The highest BCUT2D eigenvalue weighted by atomic mass is 16.5. The first-order valence-corrected chi connectivity index (χ1v) is 9.56. The van der Waals surface area contributed by atoms with Crippen molar-refractivity contribution < 1.29 is 14.6 Å². The Hall–Kier alpha value is -2.93. The predicted octanol–water partition coefficient (Wildman–Crippen LogP) is 2.82. The Labute approximate surface area is 162 Å². The standard InChI is InChI=1S/C21H22N4O3/c1-21(2)18(27)17(25-10-4-6-16(25)26)13-11-12(7-8-15(13)28-21)19-23-14-5-3-9-22-20(14)24-19/h3,5,7-9,11,17-18,27H,4,6,10H2,1-2H3,(H,22,23,24)/t17-,18+/m1/s1. The number of fused-ring (bicyclic) bond motifs is 2. The van der Waals surface area contributed by atoms with Gasteiger partial charge in [0.05, 0.1) is 11.6 Å². The van der Waals surface area contributed by atoms with Gasteiger partial charge >= 0.3 is 0 Å². The van der Waals surface area contributed by atoms with Gasteiger partial charge in [0.15, 0.2) is 5.65 Å². The van der Waals surface area contributed by atoms with Crippen molar-refractivity contribution >= 4 is 17.1 Å². The van der Waals surface area contributed by atoms with Gasteiger partial charge in [-0.15, -0.1) is 0 Å². The van der Waals surface area contributed by atoms with Gasteiger partial charge in [0.25, 0.3) is 0 Å². The summed E-state index contributed by atoms with van der Waals surface area (Å²) in [5, 5.41) is 11.0. The van der Waals surface area contributed by atoms with Crippen LogP contribution in [0.25, 0.3) is 22.6 Å². The van der Waals surface area contributed by atoms with Crippen molar-refractivity contribution in [2.75, 3.05) is 6.54 Å². The second kappa shape index (κ2) is 6.04. The van der Waals surface area contributed by atoms with Crippen LogP contribution in [-0.4, -0.2) is 49.1 Å². The first kappa shape index (κ1) is 17.2. The number of rotatable bonds is 2. The number of hydrogen-bond acceptors (Lipinski definition) is 5. The number of pyridine rings is 1. The number of amides is 1. The number of carbonyl (C=O) groups is 1. The van der Waals surface area contributed by atoms with Crippen LogP contribution in [0, 0.1) is 0 Å². The van der Waals surface area contributed by atoms with E-state index in [1.54, 1.807) is 11.1 Å².